The van der Waals surface area contributed by atoms with Crippen LogP contribution in [0.1, 0.15) is 16.7 Å². The average molecular weight is 293 g/mol. The van der Waals surface area contributed by atoms with E-state index in [0.29, 0.717) is 18.7 Å². The maximum Gasteiger partial charge on any atom is 0.333 e. The van der Waals surface area contributed by atoms with Crippen LogP contribution in [0.15, 0.2) is 60.2 Å². The predicted molar refractivity (Wildman–Crippen MR) is 87.5 cm³/mol. The lowest BCUT2D eigenvalue weighted by Crippen LogP contribution is -2.22. The van der Waals surface area contributed by atoms with Crippen LogP contribution in [-0.2, 0) is 11.3 Å². The highest BCUT2D eigenvalue weighted by Crippen LogP contribution is 2.28. The molecule has 1 N–H and O–H groups in total. The van der Waals surface area contributed by atoms with Crippen LogP contribution in [0.3, 0.4) is 0 Å². The van der Waals surface area contributed by atoms with Gasteiger partial charge in [0.1, 0.15) is 0 Å². The summed E-state index contributed by atoms with van der Waals surface area (Å²) in [6, 6.07) is 18.2. The average Bonchev–Trinajstić information content (AvgIpc) is 2.92. The van der Waals surface area contributed by atoms with Gasteiger partial charge >= 0.3 is 5.97 Å². The van der Waals surface area contributed by atoms with E-state index in [1.165, 1.54) is 5.56 Å². The highest BCUT2D eigenvalue weighted by molar-refractivity contribution is 5.98. The van der Waals surface area contributed by atoms with E-state index in [9.17, 15) is 9.90 Å². The van der Waals surface area contributed by atoms with Crippen LogP contribution in [0.4, 0.5) is 0 Å². The van der Waals surface area contributed by atoms with Crippen molar-refractivity contribution >= 4 is 11.5 Å². The first-order valence-corrected chi connectivity index (χ1v) is 7.42. The van der Waals surface area contributed by atoms with E-state index in [4.69, 9.17) is 0 Å². The molecule has 0 unspecified atom stereocenters. The summed E-state index contributed by atoms with van der Waals surface area (Å²) in [4.78, 5) is 13.8. The van der Waals surface area contributed by atoms with Gasteiger partial charge in [0.25, 0.3) is 0 Å². The molecular weight excluding hydrogens is 274 g/mol. The van der Waals surface area contributed by atoms with Gasteiger partial charge in [-0.2, -0.15) is 0 Å². The summed E-state index contributed by atoms with van der Waals surface area (Å²) in [5, 5.41) is 9.51. The Bertz CT molecular complexity index is 719. The van der Waals surface area contributed by atoms with E-state index < -0.39 is 5.97 Å². The molecule has 0 saturated heterocycles. The summed E-state index contributed by atoms with van der Waals surface area (Å²) < 4.78 is 0. The van der Waals surface area contributed by atoms with Crippen LogP contribution in [0.25, 0.3) is 5.57 Å². The fourth-order valence-corrected chi connectivity index (χ4v) is 2.94. The lowest BCUT2D eigenvalue weighted by atomic mass is 10.0. The van der Waals surface area contributed by atoms with Crippen molar-refractivity contribution in [3.8, 4) is 0 Å². The molecule has 0 aromatic heterocycles. The van der Waals surface area contributed by atoms with Crippen molar-refractivity contribution in [3.05, 3.63) is 76.9 Å². The van der Waals surface area contributed by atoms with Gasteiger partial charge in [0, 0.05) is 19.6 Å². The molecule has 3 rings (SSSR count). The lowest BCUT2D eigenvalue weighted by Gasteiger charge is -2.16. The highest BCUT2D eigenvalue weighted by atomic mass is 16.4. The second kappa shape index (κ2) is 6.16. The third-order valence-electron chi connectivity index (χ3n) is 4.00. The minimum Gasteiger partial charge on any atom is -0.478 e. The highest BCUT2D eigenvalue weighted by Gasteiger charge is 2.27. The number of aryl methyl sites for hydroxylation is 1. The molecule has 3 heteroatoms. The van der Waals surface area contributed by atoms with Crippen molar-refractivity contribution < 1.29 is 9.90 Å². The van der Waals surface area contributed by atoms with Crippen molar-refractivity contribution in [2.45, 2.75) is 13.5 Å². The zero-order valence-electron chi connectivity index (χ0n) is 12.6. The fraction of sp³-hybridized carbons (Fsp3) is 0.211. The third-order valence-corrected chi connectivity index (χ3v) is 4.00. The zero-order valence-corrected chi connectivity index (χ0v) is 12.6. The van der Waals surface area contributed by atoms with Gasteiger partial charge in [-0.15, -0.1) is 0 Å². The van der Waals surface area contributed by atoms with Gasteiger partial charge in [0.05, 0.1) is 5.57 Å². The minimum atomic E-state index is -0.813. The summed E-state index contributed by atoms with van der Waals surface area (Å²) in [6.07, 6.45) is 0. The number of carbonyl (C=O) groups is 1. The van der Waals surface area contributed by atoms with E-state index in [0.717, 1.165) is 23.2 Å². The Balaban J connectivity index is 1.84. The smallest absolute Gasteiger partial charge is 0.333 e. The molecule has 1 aliphatic heterocycles. The molecule has 22 heavy (non-hydrogen) atoms. The van der Waals surface area contributed by atoms with Gasteiger partial charge in [-0.3, -0.25) is 4.90 Å². The summed E-state index contributed by atoms with van der Waals surface area (Å²) in [5.41, 5.74) is 4.83. The Morgan fingerprint density at radius 2 is 1.86 bits per heavy atom. The van der Waals surface area contributed by atoms with Crippen molar-refractivity contribution in [2.75, 3.05) is 13.1 Å². The Morgan fingerprint density at radius 3 is 2.55 bits per heavy atom. The van der Waals surface area contributed by atoms with Crippen LogP contribution in [0.5, 0.6) is 0 Å². The summed E-state index contributed by atoms with van der Waals surface area (Å²) in [7, 11) is 0. The first-order chi connectivity index (χ1) is 10.6. The third kappa shape index (κ3) is 3.10. The van der Waals surface area contributed by atoms with Gasteiger partial charge < -0.3 is 5.11 Å². The molecule has 2 aromatic rings. The van der Waals surface area contributed by atoms with Crippen LogP contribution in [0, 0.1) is 6.92 Å². The Kier molecular flexibility index (Phi) is 4.07. The number of rotatable bonds is 4. The molecule has 0 saturated carbocycles. The standard InChI is InChI=1S/C19H19NO2/c1-14-6-5-9-16(10-14)17-12-20(13-18(17)19(21)22)11-15-7-3-2-4-8-15/h2-10H,11-13H2,1H3,(H,21,22). The number of benzene rings is 2. The topological polar surface area (TPSA) is 40.5 Å². The van der Waals surface area contributed by atoms with Crippen molar-refractivity contribution in [3.63, 3.8) is 0 Å². The Labute approximate surface area is 130 Å². The lowest BCUT2D eigenvalue weighted by molar-refractivity contribution is -0.132. The van der Waals surface area contributed by atoms with Gasteiger partial charge in [0.2, 0.25) is 0 Å². The summed E-state index contributed by atoms with van der Waals surface area (Å²) in [6.45, 7) is 3.97. The van der Waals surface area contributed by atoms with Gasteiger partial charge in [-0.05, 0) is 23.6 Å². The van der Waals surface area contributed by atoms with Crippen LogP contribution in [0.2, 0.25) is 0 Å². The normalized spacial score (nSPS) is 15.3. The first kappa shape index (κ1) is 14.5. The van der Waals surface area contributed by atoms with E-state index in [1.807, 2.05) is 43.3 Å². The zero-order chi connectivity index (χ0) is 15.5. The number of hydrogen-bond donors (Lipinski definition) is 1. The molecule has 0 amide bonds. The molecule has 0 atom stereocenters. The molecule has 3 nitrogen and oxygen atoms in total. The summed E-state index contributed by atoms with van der Waals surface area (Å²) in [5.74, 6) is -0.813. The van der Waals surface area contributed by atoms with E-state index >= 15 is 0 Å². The van der Waals surface area contributed by atoms with E-state index in [1.54, 1.807) is 0 Å². The summed E-state index contributed by atoms with van der Waals surface area (Å²) >= 11 is 0. The van der Waals surface area contributed by atoms with Gasteiger partial charge in [-0.25, -0.2) is 4.79 Å². The number of carboxylic acid groups (broad SMARTS) is 1. The second-order valence-electron chi connectivity index (χ2n) is 5.76. The number of nitrogens with zero attached hydrogens (tertiary/aromatic N) is 1. The number of carboxylic acids is 1. The maximum absolute atomic E-state index is 11.6. The molecule has 0 aliphatic carbocycles. The van der Waals surface area contributed by atoms with Crippen LogP contribution < -0.4 is 0 Å². The Hall–Kier alpha value is -2.39. The van der Waals surface area contributed by atoms with Crippen molar-refractivity contribution in [2.24, 2.45) is 0 Å². The largest absolute Gasteiger partial charge is 0.478 e. The minimum absolute atomic E-state index is 0.494. The van der Waals surface area contributed by atoms with E-state index in [2.05, 4.69) is 23.1 Å². The molecule has 1 heterocycles. The molecule has 0 fully saturated rings. The predicted octanol–water partition coefficient (Wildman–Crippen LogP) is 3.35. The molecule has 0 spiro atoms. The second-order valence-corrected chi connectivity index (χ2v) is 5.76. The van der Waals surface area contributed by atoms with E-state index in [-0.39, 0.29) is 0 Å². The quantitative estimate of drug-likeness (QED) is 0.940. The molecule has 0 bridgehead atoms. The van der Waals surface area contributed by atoms with Gasteiger partial charge in [0.15, 0.2) is 0 Å². The molecule has 112 valence electrons. The van der Waals surface area contributed by atoms with Gasteiger partial charge in [-0.1, -0.05) is 60.2 Å². The molecular formula is C19H19NO2. The van der Waals surface area contributed by atoms with Crippen molar-refractivity contribution in [1.29, 1.82) is 0 Å². The van der Waals surface area contributed by atoms with Crippen molar-refractivity contribution in [1.82, 2.24) is 4.90 Å². The maximum atomic E-state index is 11.6. The fourth-order valence-electron chi connectivity index (χ4n) is 2.94. The molecule has 2 aromatic carbocycles. The first-order valence-electron chi connectivity index (χ1n) is 7.42. The monoisotopic (exact) mass is 293 g/mol. The van der Waals surface area contributed by atoms with Crippen LogP contribution >= 0.6 is 0 Å². The Morgan fingerprint density at radius 1 is 1.09 bits per heavy atom. The SMILES string of the molecule is Cc1cccc(C2=C(C(=O)O)CN(Cc3ccccc3)C2)c1. The number of aliphatic carboxylic acids is 1. The molecule has 0 radical (unpaired) electrons. The molecule has 1 aliphatic rings. The number of hydrogen-bond acceptors (Lipinski definition) is 2. The van der Waals surface area contributed by atoms with Crippen LogP contribution in [-0.4, -0.2) is 29.1 Å².